The number of anilines is 1. The molecule has 0 heterocycles. The second-order valence-electron chi connectivity index (χ2n) is 5.27. The summed E-state index contributed by atoms with van der Waals surface area (Å²) in [6.07, 6.45) is 0. The van der Waals surface area contributed by atoms with Crippen molar-refractivity contribution in [3.8, 4) is 5.75 Å². The van der Waals surface area contributed by atoms with Gasteiger partial charge in [-0.05, 0) is 31.5 Å². The van der Waals surface area contributed by atoms with Gasteiger partial charge in [-0.25, -0.2) is 0 Å². The fraction of sp³-hybridized carbons (Fsp3) is 0.188. The molecule has 0 aromatic heterocycles. The van der Waals surface area contributed by atoms with Crippen molar-refractivity contribution in [3.63, 3.8) is 0 Å². The highest BCUT2D eigenvalue weighted by molar-refractivity contribution is 5.95. The molecule has 0 aliphatic heterocycles. The number of aryl methyl sites for hydroxylation is 2. The molecule has 9 nitrogen and oxygen atoms in total. The number of carbonyl (C=O) groups excluding carboxylic acids is 1. The van der Waals surface area contributed by atoms with E-state index in [1.165, 1.54) is 30.3 Å². The number of para-hydroxylation sites is 1. The van der Waals surface area contributed by atoms with Gasteiger partial charge in [0.25, 0.3) is 17.3 Å². The maximum absolute atomic E-state index is 12.0. The van der Waals surface area contributed by atoms with Gasteiger partial charge in [0, 0.05) is 17.7 Å². The highest BCUT2D eigenvalue weighted by Crippen LogP contribution is 2.27. The highest BCUT2D eigenvalue weighted by Gasteiger charge is 2.18. The van der Waals surface area contributed by atoms with Gasteiger partial charge in [-0.15, -0.1) is 0 Å². The van der Waals surface area contributed by atoms with E-state index in [0.29, 0.717) is 11.1 Å². The minimum Gasteiger partial charge on any atom is -0.484 e. The Kier molecular flexibility index (Phi) is 5.28. The Labute approximate surface area is 142 Å². The van der Waals surface area contributed by atoms with Crippen LogP contribution in [0.3, 0.4) is 0 Å². The minimum absolute atomic E-state index is 0.0488. The van der Waals surface area contributed by atoms with Crippen molar-refractivity contribution in [1.82, 2.24) is 0 Å². The number of hydrogen-bond acceptors (Lipinski definition) is 6. The summed E-state index contributed by atoms with van der Waals surface area (Å²) in [5.74, 6) is -0.286. The van der Waals surface area contributed by atoms with E-state index in [0.717, 1.165) is 0 Å². The van der Waals surface area contributed by atoms with Gasteiger partial charge in [-0.3, -0.25) is 25.0 Å². The summed E-state index contributed by atoms with van der Waals surface area (Å²) in [6.45, 7) is 2.81. The lowest BCUT2D eigenvalue weighted by Gasteiger charge is -2.10. The average molecular weight is 345 g/mol. The third kappa shape index (κ3) is 4.28. The zero-order valence-corrected chi connectivity index (χ0v) is 13.5. The van der Waals surface area contributed by atoms with Gasteiger partial charge < -0.3 is 10.1 Å². The number of nitro benzene ring substituents is 2. The first kappa shape index (κ1) is 17.9. The van der Waals surface area contributed by atoms with E-state index in [4.69, 9.17) is 4.74 Å². The normalized spacial score (nSPS) is 10.2. The maximum atomic E-state index is 12.0. The summed E-state index contributed by atoms with van der Waals surface area (Å²) < 4.78 is 5.29. The fourth-order valence-electron chi connectivity index (χ4n) is 2.21. The van der Waals surface area contributed by atoms with Crippen LogP contribution in [0.25, 0.3) is 0 Å². The van der Waals surface area contributed by atoms with E-state index in [-0.39, 0.29) is 29.4 Å². The topological polar surface area (TPSA) is 125 Å². The smallest absolute Gasteiger partial charge is 0.293 e. The van der Waals surface area contributed by atoms with Crippen molar-refractivity contribution in [3.05, 3.63) is 67.8 Å². The number of rotatable bonds is 6. The Morgan fingerprint density at radius 1 is 1.04 bits per heavy atom. The average Bonchev–Trinajstić information content (AvgIpc) is 2.54. The van der Waals surface area contributed by atoms with Crippen LogP contribution in [0.4, 0.5) is 17.1 Å². The summed E-state index contributed by atoms with van der Waals surface area (Å²) in [5, 5.41) is 24.3. The summed E-state index contributed by atoms with van der Waals surface area (Å²) in [7, 11) is 0. The number of ether oxygens (including phenoxy) is 1. The van der Waals surface area contributed by atoms with Crippen LogP contribution in [-0.2, 0) is 4.79 Å². The lowest BCUT2D eigenvalue weighted by atomic mass is 10.1. The van der Waals surface area contributed by atoms with E-state index >= 15 is 0 Å². The number of benzene rings is 2. The predicted molar refractivity (Wildman–Crippen MR) is 89.8 cm³/mol. The fourth-order valence-corrected chi connectivity index (χ4v) is 2.21. The number of nitrogens with one attached hydrogen (secondary N) is 1. The third-order valence-corrected chi connectivity index (χ3v) is 3.45. The van der Waals surface area contributed by atoms with Crippen LogP contribution in [0, 0.1) is 34.1 Å². The number of amides is 1. The number of carbonyl (C=O) groups is 1. The second-order valence-corrected chi connectivity index (χ2v) is 5.27. The second kappa shape index (κ2) is 7.39. The van der Waals surface area contributed by atoms with Gasteiger partial charge >= 0.3 is 0 Å². The molecule has 25 heavy (non-hydrogen) atoms. The molecule has 0 saturated carbocycles. The third-order valence-electron chi connectivity index (χ3n) is 3.45. The van der Waals surface area contributed by atoms with Crippen molar-refractivity contribution >= 4 is 23.0 Å². The van der Waals surface area contributed by atoms with Crippen LogP contribution in [0.15, 0.2) is 36.4 Å². The Bertz CT molecular complexity index is 850. The first-order valence-corrected chi connectivity index (χ1v) is 7.21. The van der Waals surface area contributed by atoms with Gasteiger partial charge in [-0.1, -0.05) is 12.1 Å². The van der Waals surface area contributed by atoms with Crippen LogP contribution in [0.2, 0.25) is 0 Å². The number of nitro groups is 2. The van der Waals surface area contributed by atoms with Crippen LogP contribution in [0.1, 0.15) is 11.1 Å². The molecule has 0 aliphatic carbocycles. The van der Waals surface area contributed by atoms with Gasteiger partial charge in [-0.2, -0.15) is 0 Å². The highest BCUT2D eigenvalue weighted by atomic mass is 16.6. The van der Waals surface area contributed by atoms with Crippen molar-refractivity contribution in [2.24, 2.45) is 0 Å². The Balaban J connectivity index is 2.06. The molecule has 1 N–H and O–H groups in total. The van der Waals surface area contributed by atoms with Gasteiger partial charge in [0.1, 0.15) is 11.4 Å². The Morgan fingerprint density at radius 2 is 1.72 bits per heavy atom. The van der Waals surface area contributed by atoms with Crippen LogP contribution >= 0.6 is 0 Å². The van der Waals surface area contributed by atoms with Crippen molar-refractivity contribution in [2.75, 3.05) is 11.9 Å². The van der Waals surface area contributed by atoms with Crippen LogP contribution in [0.5, 0.6) is 5.75 Å². The Morgan fingerprint density at radius 3 is 2.32 bits per heavy atom. The van der Waals surface area contributed by atoms with Gasteiger partial charge in [0.05, 0.1) is 9.85 Å². The van der Waals surface area contributed by atoms with Crippen LogP contribution in [-0.4, -0.2) is 22.4 Å². The maximum Gasteiger partial charge on any atom is 0.293 e. The van der Waals surface area contributed by atoms with E-state index in [9.17, 15) is 25.0 Å². The molecular formula is C16H15N3O6. The summed E-state index contributed by atoms with van der Waals surface area (Å²) in [6, 6.07) is 8.58. The molecule has 0 fully saturated rings. The summed E-state index contributed by atoms with van der Waals surface area (Å²) in [5.41, 5.74) is 0.805. The molecule has 130 valence electrons. The number of hydrogen-bond donors (Lipinski definition) is 1. The summed E-state index contributed by atoms with van der Waals surface area (Å²) >= 11 is 0. The monoisotopic (exact) mass is 345 g/mol. The standard InChI is InChI=1S/C16H15N3O6/c1-10-4-3-5-14(19(23)24)16(10)17-15(20)9-25-12-6-7-13(18(21)22)11(2)8-12/h3-8H,9H2,1-2H3,(H,17,20). The first-order valence-electron chi connectivity index (χ1n) is 7.21. The minimum atomic E-state index is -0.580. The molecule has 0 spiro atoms. The molecule has 0 atom stereocenters. The molecule has 2 rings (SSSR count). The zero-order valence-electron chi connectivity index (χ0n) is 13.5. The molecule has 0 radical (unpaired) electrons. The van der Waals surface area contributed by atoms with E-state index in [2.05, 4.69) is 5.32 Å². The Hall–Kier alpha value is -3.49. The molecule has 0 unspecified atom stereocenters. The predicted octanol–water partition coefficient (Wildman–Crippen LogP) is 3.14. The van der Waals surface area contributed by atoms with E-state index in [1.807, 2.05) is 0 Å². The lowest BCUT2D eigenvalue weighted by molar-refractivity contribution is -0.385. The molecule has 0 bridgehead atoms. The number of nitrogens with zero attached hydrogens (tertiary/aromatic N) is 2. The SMILES string of the molecule is Cc1cc(OCC(=O)Nc2c(C)cccc2[N+](=O)[O-])ccc1[N+](=O)[O-]. The van der Waals surface area contributed by atoms with Crippen molar-refractivity contribution in [1.29, 1.82) is 0 Å². The molecule has 0 aliphatic rings. The van der Waals surface area contributed by atoms with E-state index in [1.54, 1.807) is 19.9 Å². The van der Waals surface area contributed by atoms with E-state index < -0.39 is 15.8 Å². The molecule has 9 heteroatoms. The molecule has 0 saturated heterocycles. The lowest BCUT2D eigenvalue weighted by Crippen LogP contribution is -2.21. The molecule has 2 aromatic carbocycles. The molecule has 2 aromatic rings. The largest absolute Gasteiger partial charge is 0.484 e. The quantitative estimate of drug-likeness (QED) is 0.633. The van der Waals surface area contributed by atoms with Gasteiger partial charge in [0.2, 0.25) is 0 Å². The van der Waals surface area contributed by atoms with Crippen molar-refractivity contribution < 1.29 is 19.4 Å². The molecule has 1 amide bonds. The molecular weight excluding hydrogens is 330 g/mol. The van der Waals surface area contributed by atoms with Gasteiger partial charge in [0.15, 0.2) is 6.61 Å². The first-order chi connectivity index (χ1) is 11.8. The van der Waals surface area contributed by atoms with Crippen LogP contribution < -0.4 is 10.1 Å². The van der Waals surface area contributed by atoms with Crippen molar-refractivity contribution in [2.45, 2.75) is 13.8 Å². The zero-order chi connectivity index (χ0) is 18.6. The summed E-state index contributed by atoms with van der Waals surface area (Å²) in [4.78, 5) is 32.7.